The number of ether oxygens (including phenoxy) is 1. The first kappa shape index (κ1) is 20.2. The molecule has 0 atom stereocenters. The molecule has 0 N–H and O–H groups in total. The molecule has 0 unspecified atom stereocenters. The summed E-state index contributed by atoms with van der Waals surface area (Å²) >= 11 is 1.45. The second-order valence-corrected chi connectivity index (χ2v) is 8.23. The van der Waals surface area contributed by atoms with Crippen molar-refractivity contribution >= 4 is 23.2 Å². The number of nitrogens with zero attached hydrogens (tertiary/aromatic N) is 2. The molecule has 1 aromatic heterocycles. The Labute approximate surface area is 180 Å². The molecule has 1 aliphatic heterocycles. The Morgan fingerprint density at radius 3 is 2.07 bits per heavy atom. The summed E-state index contributed by atoms with van der Waals surface area (Å²) < 4.78 is 5.51. The summed E-state index contributed by atoms with van der Waals surface area (Å²) in [7, 11) is 1.59. The van der Waals surface area contributed by atoms with Crippen LogP contribution in [0.1, 0.15) is 26.5 Å². The van der Waals surface area contributed by atoms with E-state index in [4.69, 9.17) is 4.74 Å². The van der Waals surface area contributed by atoms with Crippen LogP contribution in [0.2, 0.25) is 0 Å². The molecule has 1 fully saturated rings. The molecule has 154 valence electrons. The van der Waals surface area contributed by atoms with Gasteiger partial charge in [-0.15, -0.1) is 11.3 Å². The van der Waals surface area contributed by atoms with Gasteiger partial charge in [0.2, 0.25) is 0 Å². The average molecular weight is 421 g/mol. The summed E-state index contributed by atoms with van der Waals surface area (Å²) in [5.74, 6) is 0.586. The minimum atomic E-state index is -0.0342. The van der Waals surface area contributed by atoms with Crippen LogP contribution in [0.15, 0.2) is 66.7 Å². The number of benzene rings is 2. The molecule has 5 nitrogen and oxygen atoms in total. The molecule has 0 spiro atoms. The average Bonchev–Trinajstić information content (AvgIpc) is 3.09. The van der Waals surface area contributed by atoms with E-state index in [1.165, 1.54) is 11.3 Å². The molecule has 2 amide bonds. The van der Waals surface area contributed by atoms with Gasteiger partial charge in [0, 0.05) is 36.6 Å². The van der Waals surface area contributed by atoms with Crippen LogP contribution in [0.25, 0.3) is 10.4 Å². The quantitative estimate of drug-likeness (QED) is 0.628. The lowest BCUT2D eigenvalue weighted by molar-refractivity contribution is 0.0719. The van der Waals surface area contributed by atoms with Crippen molar-refractivity contribution in [2.45, 2.75) is 6.42 Å². The van der Waals surface area contributed by atoms with Gasteiger partial charge >= 0.3 is 0 Å². The summed E-state index contributed by atoms with van der Waals surface area (Å²) in [4.78, 5) is 31.3. The summed E-state index contributed by atoms with van der Waals surface area (Å²) in [5, 5.41) is 0. The highest BCUT2D eigenvalue weighted by atomic mass is 32.1. The Hall–Kier alpha value is -3.12. The standard InChI is InChI=1S/C24H24N2O3S/c1-29-20-17-21(18-9-4-2-5-10-18)30-22(20)24(28)26-14-8-13-25(15-16-26)23(27)19-11-6-3-7-12-19/h2-7,9-12,17H,8,13-16H2,1H3. The molecule has 0 saturated carbocycles. The number of methoxy groups -OCH3 is 1. The van der Waals surface area contributed by atoms with Crippen LogP contribution in [0, 0.1) is 0 Å². The lowest BCUT2D eigenvalue weighted by atomic mass is 10.2. The van der Waals surface area contributed by atoms with Gasteiger partial charge in [-0.25, -0.2) is 0 Å². The van der Waals surface area contributed by atoms with E-state index < -0.39 is 0 Å². The number of rotatable bonds is 4. The van der Waals surface area contributed by atoms with Gasteiger partial charge in [-0.05, 0) is 30.2 Å². The van der Waals surface area contributed by atoms with Crippen LogP contribution < -0.4 is 4.74 Å². The fourth-order valence-corrected chi connectivity index (χ4v) is 4.75. The summed E-state index contributed by atoms with van der Waals surface area (Å²) in [5.41, 5.74) is 1.75. The number of hydrogen-bond donors (Lipinski definition) is 0. The summed E-state index contributed by atoms with van der Waals surface area (Å²) in [6.45, 7) is 2.31. The Bertz CT molecular complexity index is 1020. The maximum absolute atomic E-state index is 13.3. The van der Waals surface area contributed by atoms with Crippen LogP contribution in [-0.4, -0.2) is 54.9 Å². The smallest absolute Gasteiger partial charge is 0.267 e. The van der Waals surface area contributed by atoms with Gasteiger partial charge in [0.1, 0.15) is 10.6 Å². The van der Waals surface area contributed by atoms with Gasteiger partial charge in [-0.1, -0.05) is 48.5 Å². The van der Waals surface area contributed by atoms with Crippen molar-refractivity contribution in [2.24, 2.45) is 0 Å². The third-order valence-electron chi connectivity index (χ3n) is 5.26. The van der Waals surface area contributed by atoms with Crippen molar-refractivity contribution in [1.29, 1.82) is 0 Å². The Morgan fingerprint density at radius 2 is 1.43 bits per heavy atom. The SMILES string of the molecule is COc1cc(-c2ccccc2)sc1C(=O)N1CCCN(C(=O)c2ccccc2)CC1. The Kier molecular flexibility index (Phi) is 6.14. The van der Waals surface area contributed by atoms with Crippen LogP contribution in [-0.2, 0) is 0 Å². The Morgan fingerprint density at radius 1 is 0.833 bits per heavy atom. The van der Waals surface area contributed by atoms with Gasteiger partial charge in [-0.3, -0.25) is 9.59 Å². The van der Waals surface area contributed by atoms with E-state index in [1.54, 1.807) is 7.11 Å². The van der Waals surface area contributed by atoms with Crippen LogP contribution in [0.4, 0.5) is 0 Å². The summed E-state index contributed by atoms with van der Waals surface area (Å²) in [6, 6.07) is 21.2. The lowest BCUT2D eigenvalue weighted by Gasteiger charge is -2.22. The van der Waals surface area contributed by atoms with Crippen molar-refractivity contribution < 1.29 is 14.3 Å². The van der Waals surface area contributed by atoms with Gasteiger partial charge in [0.25, 0.3) is 11.8 Å². The van der Waals surface area contributed by atoms with E-state index in [1.807, 2.05) is 76.5 Å². The fraction of sp³-hybridized carbons (Fsp3) is 0.250. The van der Waals surface area contributed by atoms with Crippen molar-refractivity contribution in [2.75, 3.05) is 33.3 Å². The molecule has 2 heterocycles. The van der Waals surface area contributed by atoms with Crippen LogP contribution in [0.5, 0.6) is 5.75 Å². The largest absolute Gasteiger partial charge is 0.495 e. The molecule has 6 heteroatoms. The topological polar surface area (TPSA) is 49.9 Å². The fourth-order valence-electron chi connectivity index (χ4n) is 3.65. The van der Waals surface area contributed by atoms with Crippen molar-refractivity contribution in [3.8, 4) is 16.2 Å². The van der Waals surface area contributed by atoms with Gasteiger partial charge < -0.3 is 14.5 Å². The number of amides is 2. The summed E-state index contributed by atoms with van der Waals surface area (Å²) in [6.07, 6.45) is 0.754. The molecule has 0 bridgehead atoms. The molecule has 0 aliphatic carbocycles. The third-order valence-corrected chi connectivity index (χ3v) is 6.41. The van der Waals surface area contributed by atoms with E-state index in [2.05, 4.69) is 0 Å². The monoisotopic (exact) mass is 420 g/mol. The van der Waals surface area contributed by atoms with E-state index in [9.17, 15) is 9.59 Å². The number of carbonyl (C=O) groups excluding carboxylic acids is 2. The first-order valence-corrected chi connectivity index (χ1v) is 10.9. The van der Waals surface area contributed by atoms with Crippen LogP contribution in [0.3, 0.4) is 0 Å². The predicted molar refractivity (Wildman–Crippen MR) is 119 cm³/mol. The number of carbonyl (C=O) groups is 2. The van der Waals surface area contributed by atoms with Crippen molar-refractivity contribution in [3.05, 3.63) is 77.2 Å². The molecular formula is C24H24N2O3S. The normalized spacial score (nSPS) is 14.3. The zero-order valence-corrected chi connectivity index (χ0v) is 17.7. The Balaban J connectivity index is 1.49. The first-order chi connectivity index (χ1) is 14.7. The van der Waals surface area contributed by atoms with Crippen molar-refractivity contribution in [1.82, 2.24) is 9.80 Å². The maximum atomic E-state index is 13.3. The van der Waals surface area contributed by atoms with E-state index in [0.717, 1.165) is 16.9 Å². The van der Waals surface area contributed by atoms with Crippen LogP contribution >= 0.6 is 11.3 Å². The van der Waals surface area contributed by atoms with E-state index in [0.29, 0.717) is 42.4 Å². The number of thiophene rings is 1. The minimum Gasteiger partial charge on any atom is -0.495 e. The minimum absolute atomic E-state index is 0.0185. The molecule has 1 saturated heterocycles. The van der Waals surface area contributed by atoms with Gasteiger partial charge in [0.05, 0.1) is 7.11 Å². The van der Waals surface area contributed by atoms with E-state index in [-0.39, 0.29) is 11.8 Å². The molecule has 30 heavy (non-hydrogen) atoms. The molecule has 4 rings (SSSR count). The molecule has 0 radical (unpaired) electrons. The first-order valence-electron chi connectivity index (χ1n) is 10.0. The number of hydrogen-bond acceptors (Lipinski definition) is 4. The zero-order valence-electron chi connectivity index (χ0n) is 16.9. The highest BCUT2D eigenvalue weighted by Gasteiger charge is 2.27. The molecule has 1 aliphatic rings. The molecular weight excluding hydrogens is 396 g/mol. The second kappa shape index (κ2) is 9.13. The predicted octanol–water partition coefficient (Wildman–Crippen LogP) is 4.41. The maximum Gasteiger partial charge on any atom is 0.267 e. The van der Waals surface area contributed by atoms with E-state index >= 15 is 0 Å². The van der Waals surface area contributed by atoms with Crippen molar-refractivity contribution in [3.63, 3.8) is 0 Å². The van der Waals surface area contributed by atoms with Gasteiger partial charge in [0.15, 0.2) is 0 Å². The van der Waals surface area contributed by atoms with Gasteiger partial charge in [-0.2, -0.15) is 0 Å². The molecule has 3 aromatic rings. The third kappa shape index (κ3) is 4.24. The second-order valence-electron chi connectivity index (χ2n) is 7.18. The lowest BCUT2D eigenvalue weighted by Crippen LogP contribution is -2.37. The zero-order chi connectivity index (χ0) is 20.9. The molecule has 2 aromatic carbocycles. The highest BCUT2D eigenvalue weighted by molar-refractivity contribution is 7.17. The highest BCUT2D eigenvalue weighted by Crippen LogP contribution is 2.37.